The normalized spacial score (nSPS) is 24.9. The van der Waals surface area contributed by atoms with Crippen molar-refractivity contribution >= 4 is 21.6 Å². The van der Waals surface area contributed by atoms with E-state index in [-0.39, 0.29) is 0 Å². The van der Waals surface area contributed by atoms with Gasteiger partial charge in [0.25, 0.3) is 0 Å². The molecule has 1 saturated heterocycles. The average Bonchev–Trinajstić information content (AvgIpc) is 2.51. The molecule has 0 radical (unpaired) electrons. The van der Waals surface area contributed by atoms with E-state index in [1.807, 2.05) is 0 Å². The van der Waals surface area contributed by atoms with Crippen molar-refractivity contribution in [2.75, 3.05) is 24.5 Å². The summed E-state index contributed by atoms with van der Waals surface area (Å²) in [5.41, 5.74) is 2.71. The third-order valence-electron chi connectivity index (χ3n) is 4.87. The molecular weight excluding hydrogens is 312 g/mol. The maximum Gasteiger partial charge on any atom is 0.0514 e. The number of hydrogen-bond donors (Lipinski definition) is 1. The largest absolute Gasteiger partial charge is 0.368 e. The van der Waals surface area contributed by atoms with Crippen LogP contribution in [0, 0.1) is 12.8 Å². The van der Waals surface area contributed by atoms with Gasteiger partial charge >= 0.3 is 0 Å². The van der Waals surface area contributed by atoms with Gasteiger partial charge in [0, 0.05) is 30.1 Å². The first-order valence-corrected chi connectivity index (χ1v) is 8.78. The van der Waals surface area contributed by atoms with Gasteiger partial charge in [0.05, 0.1) is 5.69 Å². The minimum atomic E-state index is 0.677. The summed E-state index contributed by atoms with van der Waals surface area (Å²) in [5, 5.41) is 3.77. The van der Waals surface area contributed by atoms with Gasteiger partial charge in [-0.3, -0.25) is 0 Å². The molecule has 0 aromatic heterocycles. The Kier molecular flexibility index (Phi) is 4.67. The zero-order valence-electron chi connectivity index (χ0n) is 12.4. The molecule has 110 valence electrons. The molecule has 2 fully saturated rings. The lowest BCUT2D eigenvalue weighted by Crippen LogP contribution is -2.54. The molecule has 1 aliphatic heterocycles. The van der Waals surface area contributed by atoms with Gasteiger partial charge in [0.1, 0.15) is 0 Å². The predicted octanol–water partition coefficient (Wildman–Crippen LogP) is 4.12. The van der Waals surface area contributed by atoms with Gasteiger partial charge < -0.3 is 10.2 Å². The van der Waals surface area contributed by atoms with Crippen LogP contribution in [0.2, 0.25) is 0 Å². The molecule has 1 unspecified atom stereocenters. The molecule has 3 heteroatoms. The zero-order chi connectivity index (χ0) is 13.9. The SMILES string of the molecule is Cc1ccc(Br)c(N2CCNC(C3CCCCC3)C2)c1. The number of anilines is 1. The number of nitrogens with one attached hydrogen (secondary N) is 1. The van der Waals surface area contributed by atoms with E-state index in [2.05, 4.69) is 51.3 Å². The molecule has 1 N–H and O–H groups in total. The van der Waals surface area contributed by atoms with Crippen LogP contribution in [0.5, 0.6) is 0 Å². The Hall–Kier alpha value is -0.540. The fourth-order valence-electron chi connectivity index (χ4n) is 3.71. The van der Waals surface area contributed by atoms with E-state index >= 15 is 0 Å². The quantitative estimate of drug-likeness (QED) is 0.873. The van der Waals surface area contributed by atoms with Crippen molar-refractivity contribution in [3.8, 4) is 0 Å². The highest BCUT2D eigenvalue weighted by Crippen LogP contribution is 2.31. The van der Waals surface area contributed by atoms with E-state index in [0.29, 0.717) is 6.04 Å². The second-order valence-corrected chi connectivity index (χ2v) is 7.21. The molecule has 1 aromatic rings. The van der Waals surface area contributed by atoms with Crippen molar-refractivity contribution in [1.29, 1.82) is 0 Å². The highest BCUT2D eigenvalue weighted by atomic mass is 79.9. The highest BCUT2D eigenvalue weighted by molar-refractivity contribution is 9.10. The third-order valence-corrected chi connectivity index (χ3v) is 5.54. The van der Waals surface area contributed by atoms with Gasteiger partial charge in [0.15, 0.2) is 0 Å². The Balaban J connectivity index is 1.72. The molecule has 1 aliphatic carbocycles. The maximum atomic E-state index is 3.77. The van der Waals surface area contributed by atoms with Crippen LogP contribution in [-0.4, -0.2) is 25.7 Å². The van der Waals surface area contributed by atoms with Crippen LogP contribution in [0.4, 0.5) is 5.69 Å². The summed E-state index contributed by atoms with van der Waals surface area (Å²) < 4.78 is 1.23. The molecule has 0 amide bonds. The summed E-state index contributed by atoms with van der Waals surface area (Å²) in [7, 11) is 0. The number of benzene rings is 1. The van der Waals surface area contributed by atoms with Gasteiger partial charge in [-0.1, -0.05) is 25.3 Å². The van der Waals surface area contributed by atoms with Gasteiger partial charge in [-0.25, -0.2) is 0 Å². The summed E-state index contributed by atoms with van der Waals surface area (Å²) in [6.45, 7) is 5.57. The molecule has 1 aromatic carbocycles. The monoisotopic (exact) mass is 336 g/mol. The minimum Gasteiger partial charge on any atom is -0.368 e. The van der Waals surface area contributed by atoms with Gasteiger partial charge in [-0.05, 0) is 59.3 Å². The van der Waals surface area contributed by atoms with Crippen molar-refractivity contribution in [1.82, 2.24) is 5.32 Å². The summed E-state index contributed by atoms with van der Waals surface area (Å²) in [6, 6.07) is 7.35. The zero-order valence-corrected chi connectivity index (χ0v) is 14.0. The van der Waals surface area contributed by atoms with E-state index in [1.54, 1.807) is 0 Å². The van der Waals surface area contributed by atoms with Crippen LogP contribution in [0.1, 0.15) is 37.7 Å². The van der Waals surface area contributed by atoms with Crippen LogP contribution in [0.3, 0.4) is 0 Å². The van der Waals surface area contributed by atoms with E-state index in [0.717, 1.165) is 25.6 Å². The lowest BCUT2D eigenvalue weighted by atomic mass is 9.83. The van der Waals surface area contributed by atoms with Crippen molar-refractivity contribution in [3.05, 3.63) is 28.2 Å². The Morgan fingerprint density at radius 2 is 2.00 bits per heavy atom. The predicted molar refractivity (Wildman–Crippen MR) is 89.5 cm³/mol. The summed E-state index contributed by atoms with van der Waals surface area (Å²) in [4.78, 5) is 2.56. The lowest BCUT2D eigenvalue weighted by molar-refractivity contribution is 0.257. The first-order chi connectivity index (χ1) is 9.74. The molecule has 1 saturated carbocycles. The molecule has 1 heterocycles. The molecular formula is C17H25BrN2. The molecule has 2 nitrogen and oxygen atoms in total. The Bertz CT molecular complexity index is 454. The fourth-order valence-corrected chi connectivity index (χ4v) is 4.21. The standard InChI is InChI=1S/C17H25BrN2/c1-13-7-8-15(18)17(11-13)20-10-9-19-16(12-20)14-5-3-2-4-6-14/h7-8,11,14,16,19H,2-6,9-10,12H2,1H3. The third kappa shape index (κ3) is 3.20. The number of piperazine rings is 1. The summed E-state index contributed by atoms with van der Waals surface area (Å²) >= 11 is 3.72. The molecule has 1 atom stereocenters. The minimum absolute atomic E-state index is 0.677. The molecule has 0 bridgehead atoms. The van der Waals surface area contributed by atoms with Crippen LogP contribution in [-0.2, 0) is 0 Å². The number of halogens is 1. The van der Waals surface area contributed by atoms with Crippen LogP contribution < -0.4 is 10.2 Å². The van der Waals surface area contributed by atoms with Gasteiger partial charge in [-0.15, -0.1) is 0 Å². The number of hydrogen-bond acceptors (Lipinski definition) is 2. The number of aryl methyl sites for hydroxylation is 1. The van der Waals surface area contributed by atoms with Crippen molar-refractivity contribution < 1.29 is 0 Å². The maximum absolute atomic E-state index is 3.77. The Labute approximate surface area is 131 Å². The second-order valence-electron chi connectivity index (χ2n) is 6.36. The van der Waals surface area contributed by atoms with E-state index < -0.39 is 0 Å². The molecule has 2 aliphatic rings. The van der Waals surface area contributed by atoms with E-state index in [1.165, 1.54) is 47.8 Å². The number of nitrogens with zero attached hydrogens (tertiary/aromatic N) is 1. The molecule has 0 spiro atoms. The van der Waals surface area contributed by atoms with Gasteiger partial charge in [0.2, 0.25) is 0 Å². The topological polar surface area (TPSA) is 15.3 Å². The van der Waals surface area contributed by atoms with E-state index in [9.17, 15) is 0 Å². The average molecular weight is 337 g/mol. The van der Waals surface area contributed by atoms with Crippen LogP contribution in [0.25, 0.3) is 0 Å². The van der Waals surface area contributed by atoms with Gasteiger partial charge in [-0.2, -0.15) is 0 Å². The summed E-state index contributed by atoms with van der Waals surface area (Å²) in [6.07, 6.45) is 7.13. The lowest BCUT2D eigenvalue weighted by Gasteiger charge is -2.40. The second kappa shape index (κ2) is 6.48. The smallest absolute Gasteiger partial charge is 0.0514 e. The molecule has 3 rings (SSSR count). The number of rotatable bonds is 2. The highest BCUT2D eigenvalue weighted by Gasteiger charge is 2.28. The molecule has 20 heavy (non-hydrogen) atoms. The van der Waals surface area contributed by atoms with Crippen molar-refractivity contribution in [3.63, 3.8) is 0 Å². The van der Waals surface area contributed by atoms with Crippen molar-refractivity contribution in [2.24, 2.45) is 5.92 Å². The first kappa shape index (κ1) is 14.4. The Morgan fingerprint density at radius 3 is 2.80 bits per heavy atom. The summed E-state index contributed by atoms with van der Waals surface area (Å²) in [5.74, 6) is 0.884. The van der Waals surface area contributed by atoms with Crippen LogP contribution in [0.15, 0.2) is 22.7 Å². The fraction of sp³-hybridized carbons (Fsp3) is 0.647. The Morgan fingerprint density at radius 1 is 1.20 bits per heavy atom. The van der Waals surface area contributed by atoms with Crippen molar-refractivity contribution in [2.45, 2.75) is 45.1 Å². The van der Waals surface area contributed by atoms with Crippen LogP contribution >= 0.6 is 15.9 Å². The van der Waals surface area contributed by atoms with E-state index in [4.69, 9.17) is 0 Å². The first-order valence-electron chi connectivity index (χ1n) is 7.98.